The van der Waals surface area contributed by atoms with Gasteiger partial charge in [-0.3, -0.25) is 19.3 Å². The van der Waals surface area contributed by atoms with Crippen LogP contribution in [0.1, 0.15) is 29.7 Å². The van der Waals surface area contributed by atoms with Crippen LogP contribution in [0.25, 0.3) is 16.5 Å². The van der Waals surface area contributed by atoms with Crippen molar-refractivity contribution in [1.82, 2.24) is 0 Å². The maximum absolute atomic E-state index is 13.4. The minimum absolute atomic E-state index is 0.0639. The summed E-state index contributed by atoms with van der Waals surface area (Å²) in [6, 6.07) is 26.6. The Morgan fingerprint density at radius 1 is 0.919 bits per heavy atom. The number of ketones is 1. The maximum atomic E-state index is 13.4. The van der Waals surface area contributed by atoms with Crippen LogP contribution in [0.15, 0.2) is 96.6 Å². The first-order valence-electron chi connectivity index (χ1n) is 11.5. The number of carbonyl (C=O) groups is 3. The lowest BCUT2D eigenvalue weighted by atomic mass is 9.93. The summed E-state index contributed by atoms with van der Waals surface area (Å²) in [5.41, 5.74) is 1.69. The zero-order valence-electron chi connectivity index (χ0n) is 19.7. The van der Waals surface area contributed by atoms with Gasteiger partial charge < -0.3 is 9.84 Å². The second-order valence-corrected chi connectivity index (χ2v) is 8.52. The van der Waals surface area contributed by atoms with E-state index in [1.54, 1.807) is 60.7 Å². The summed E-state index contributed by atoms with van der Waals surface area (Å²) in [5.74, 6) is -2.10. The summed E-state index contributed by atoms with van der Waals surface area (Å²) >= 11 is 0. The van der Waals surface area contributed by atoms with E-state index in [2.05, 4.69) is 0 Å². The van der Waals surface area contributed by atoms with Gasteiger partial charge in [0.2, 0.25) is 0 Å². The fourth-order valence-electron chi connectivity index (χ4n) is 4.57. The number of aliphatic hydroxyl groups is 1. The Labute approximate surface area is 212 Å². The van der Waals surface area contributed by atoms with Crippen LogP contribution in [-0.4, -0.2) is 22.8 Å². The minimum atomic E-state index is -0.960. The molecule has 1 fully saturated rings. The van der Waals surface area contributed by atoms with Crippen LogP contribution < -0.4 is 9.64 Å². The third-order valence-electron chi connectivity index (χ3n) is 6.22. The molecule has 1 amide bonds. The quantitative estimate of drug-likeness (QED) is 0.138. The zero-order valence-corrected chi connectivity index (χ0v) is 19.7. The Bertz CT molecular complexity index is 1620. The van der Waals surface area contributed by atoms with E-state index in [0.29, 0.717) is 28.1 Å². The number of nitrogens with zero attached hydrogens (tertiary/aromatic N) is 2. The summed E-state index contributed by atoms with van der Waals surface area (Å²) < 4.78 is 5.12. The fraction of sp³-hybridized carbons (Fsp3) is 0.0667. The van der Waals surface area contributed by atoms with Gasteiger partial charge >= 0.3 is 5.97 Å². The molecule has 180 valence electrons. The Balaban J connectivity index is 1.72. The largest absolute Gasteiger partial charge is 0.507 e. The van der Waals surface area contributed by atoms with Crippen molar-refractivity contribution in [3.05, 3.63) is 113 Å². The minimum Gasteiger partial charge on any atom is -0.507 e. The average Bonchev–Trinajstić information content (AvgIpc) is 3.18. The molecule has 4 aromatic carbocycles. The molecular weight excluding hydrogens is 468 g/mol. The molecule has 1 unspecified atom stereocenters. The normalized spacial score (nSPS) is 16.5. The molecule has 5 rings (SSSR count). The molecule has 1 aliphatic heterocycles. The van der Waals surface area contributed by atoms with Crippen LogP contribution in [0, 0.1) is 11.3 Å². The number of nitriles is 1. The molecule has 1 saturated heterocycles. The molecule has 0 radical (unpaired) electrons. The predicted molar refractivity (Wildman–Crippen MR) is 138 cm³/mol. The number of aliphatic hydroxyl groups excluding tert-OH is 1. The van der Waals surface area contributed by atoms with Crippen molar-refractivity contribution in [1.29, 1.82) is 5.26 Å². The summed E-state index contributed by atoms with van der Waals surface area (Å²) in [6.45, 7) is 1.29. The second kappa shape index (κ2) is 9.44. The number of rotatable bonds is 4. The Hall–Kier alpha value is -5.22. The first kappa shape index (κ1) is 23.5. The van der Waals surface area contributed by atoms with Crippen molar-refractivity contribution < 1.29 is 24.2 Å². The van der Waals surface area contributed by atoms with Crippen LogP contribution >= 0.6 is 0 Å². The number of fused-ring (bicyclic) bond motifs is 1. The third kappa shape index (κ3) is 4.21. The van der Waals surface area contributed by atoms with Crippen molar-refractivity contribution in [2.45, 2.75) is 13.0 Å². The molecule has 0 saturated carbocycles. The topological polar surface area (TPSA) is 108 Å². The number of hydrogen-bond acceptors (Lipinski definition) is 6. The first-order chi connectivity index (χ1) is 17.9. The number of hydrogen-bond donors (Lipinski definition) is 1. The van der Waals surface area contributed by atoms with Crippen LogP contribution in [-0.2, 0) is 14.4 Å². The fourth-order valence-corrected chi connectivity index (χ4v) is 4.57. The van der Waals surface area contributed by atoms with Gasteiger partial charge in [-0.05, 0) is 52.7 Å². The van der Waals surface area contributed by atoms with Gasteiger partial charge in [-0.25, -0.2) is 0 Å². The monoisotopic (exact) mass is 488 g/mol. The lowest BCUT2D eigenvalue weighted by Crippen LogP contribution is -2.29. The smallest absolute Gasteiger partial charge is 0.308 e. The predicted octanol–water partition coefficient (Wildman–Crippen LogP) is 5.26. The SMILES string of the molecule is CC(=O)Oc1ccc(C2/C(=C(/O)c3cccc4ccccc34)C(=O)C(=O)N2c2ccc(C#N)cc2)cc1. The summed E-state index contributed by atoms with van der Waals surface area (Å²) in [6.07, 6.45) is 0. The highest BCUT2D eigenvalue weighted by Gasteiger charge is 2.47. The van der Waals surface area contributed by atoms with Crippen molar-refractivity contribution in [3.63, 3.8) is 0 Å². The van der Waals surface area contributed by atoms with E-state index in [1.807, 2.05) is 36.4 Å². The van der Waals surface area contributed by atoms with E-state index in [1.165, 1.54) is 11.8 Å². The number of esters is 1. The van der Waals surface area contributed by atoms with Crippen LogP contribution in [0.4, 0.5) is 5.69 Å². The van der Waals surface area contributed by atoms with Gasteiger partial charge in [0, 0.05) is 18.2 Å². The van der Waals surface area contributed by atoms with Gasteiger partial charge in [0.05, 0.1) is 23.2 Å². The lowest BCUT2D eigenvalue weighted by Gasteiger charge is -2.25. The third-order valence-corrected chi connectivity index (χ3v) is 6.22. The van der Waals surface area contributed by atoms with Gasteiger partial charge in [-0.1, -0.05) is 54.6 Å². The summed E-state index contributed by atoms with van der Waals surface area (Å²) in [7, 11) is 0. The van der Waals surface area contributed by atoms with Crippen LogP contribution in [0.2, 0.25) is 0 Å². The highest BCUT2D eigenvalue weighted by atomic mass is 16.5. The average molecular weight is 488 g/mol. The van der Waals surface area contributed by atoms with Crippen molar-refractivity contribution in [3.8, 4) is 11.8 Å². The maximum Gasteiger partial charge on any atom is 0.308 e. The first-order valence-corrected chi connectivity index (χ1v) is 11.5. The number of amides is 1. The molecule has 0 bridgehead atoms. The van der Waals surface area contributed by atoms with E-state index in [4.69, 9.17) is 4.74 Å². The molecule has 7 nitrogen and oxygen atoms in total. The Kier molecular flexibility index (Phi) is 6.00. The molecule has 1 aliphatic rings. The van der Waals surface area contributed by atoms with Gasteiger partial charge in [-0.2, -0.15) is 5.26 Å². The molecule has 1 N–H and O–H groups in total. The number of ether oxygens (including phenoxy) is 1. The zero-order chi connectivity index (χ0) is 26.1. The molecule has 0 spiro atoms. The van der Waals surface area contributed by atoms with E-state index in [0.717, 1.165) is 10.8 Å². The van der Waals surface area contributed by atoms with E-state index in [-0.39, 0.29) is 11.3 Å². The van der Waals surface area contributed by atoms with E-state index < -0.39 is 23.7 Å². The van der Waals surface area contributed by atoms with Crippen molar-refractivity contribution in [2.24, 2.45) is 0 Å². The second-order valence-electron chi connectivity index (χ2n) is 8.52. The highest BCUT2D eigenvalue weighted by Crippen LogP contribution is 2.43. The molecule has 7 heteroatoms. The Morgan fingerprint density at radius 3 is 2.27 bits per heavy atom. The summed E-state index contributed by atoms with van der Waals surface area (Å²) in [5, 5.41) is 22.3. The standard InChI is InChI=1S/C30H20N2O5/c1-18(33)37-23-15-11-21(12-16-23)27-26(28(34)25-8-4-6-20-5-2-3-7-24(20)25)29(35)30(36)32(27)22-13-9-19(17-31)10-14-22/h2-16,27,34H,1H3/b28-26-. The van der Waals surface area contributed by atoms with E-state index in [9.17, 15) is 24.8 Å². The molecule has 37 heavy (non-hydrogen) atoms. The molecular formula is C30H20N2O5. The molecule has 1 heterocycles. The van der Waals surface area contributed by atoms with E-state index >= 15 is 0 Å². The van der Waals surface area contributed by atoms with Crippen LogP contribution in [0.3, 0.4) is 0 Å². The molecule has 1 atom stereocenters. The number of anilines is 1. The van der Waals surface area contributed by atoms with Crippen molar-refractivity contribution in [2.75, 3.05) is 4.90 Å². The van der Waals surface area contributed by atoms with Gasteiger partial charge in [0.1, 0.15) is 11.5 Å². The molecule has 0 aromatic heterocycles. The van der Waals surface area contributed by atoms with Gasteiger partial charge in [-0.15, -0.1) is 0 Å². The van der Waals surface area contributed by atoms with Crippen molar-refractivity contribution >= 4 is 39.9 Å². The number of carbonyl (C=O) groups excluding carboxylic acids is 3. The highest BCUT2D eigenvalue weighted by molar-refractivity contribution is 6.51. The Morgan fingerprint density at radius 2 is 1.59 bits per heavy atom. The summed E-state index contributed by atoms with van der Waals surface area (Å²) in [4.78, 5) is 39.4. The number of benzene rings is 4. The van der Waals surface area contributed by atoms with Gasteiger partial charge in [0.15, 0.2) is 0 Å². The van der Waals surface area contributed by atoms with Gasteiger partial charge in [0.25, 0.3) is 11.7 Å². The number of Topliss-reactive ketones (excluding diaryl/α,β-unsaturated/α-hetero) is 1. The molecule has 0 aliphatic carbocycles. The lowest BCUT2D eigenvalue weighted by molar-refractivity contribution is -0.132. The van der Waals surface area contributed by atoms with Crippen LogP contribution in [0.5, 0.6) is 5.75 Å². The molecule has 4 aromatic rings.